The van der Waals surface area contributed by atoms with Crippen LogP contribution in [0.3, 0.4) is 0 Å². The predicted octanol–water partition coefficient (Wildman–Crippen LogP) is 3.83. The fourth-order valence-electron chi connectivity index (χ4n) is 3.67. The molecule has 4 aromatic rings. The Morgan fingerprint density at radius 3 is 3.04 bits per heavy atom. The highest BCUT2D eigenvalue weighted by molar-refractivity contribution is 7.17. The average molecular weight is 378 g/mol. The van der Waals surface area contributed by atoms with Crippen LogP contribution in [0.4, 0.5) is 0 Å². The molecule has 0 saturated heterocycles. The molecule has 136 valence electrons. The van der Waals surface area contributed by atoms with Crippen molar-refractivity contribution in [2.45, 2.75) is 13.0 Å². The van der Waals surface area contributed by atoms with Crippen LogP contribution in [0.25, 0.3) is 21.5 Å². The predicted molar refractivity (Wildman–Crippen MR) is 105 cm³/mol. The molecule has 27 heavy (non-hydrogen) atoms. The largest absolute Gasteiger partial charge is 0.496 e. The van der Waals surface area contributed by atoms with Gasteiger partial charge in [-0.3, -0.25) is 9.89 Å². The molecule has 7 heteroatoms. The summed E-state index contributed by atoms with van der Waals surface area (Å²) < 4.78 is 6.60. The van der Waals surface area contributed by atoms with E-state index in [0.29, 0.717) is 18.8 Å². The average Bonchev–Trinajstić information content (AvgIpc) is 3.41. The number of nitrogens with zero attached hydrogens (tertiary/aromatic N) is 2. The van der Waals surface area contributed by atoms with Gasteiger partial charge in [0.15, 0.2) is 0 Å². The van der Waals surface area contributed by atoms with Crippen molar-refractivity contribution in [1.29, 1.82) is 0 Å². The summed E-state index contributed by atoms with van der Waals surface area (Å²) in [5.74, 6) is 0.802. The number of carbonyl (C=O) groups is 1. The Morgan fingerprint density at radius 1 is 1.30 bits per heavy atom. The fraction of sp³-hybridized carbons (Fsp3) is 0.200. The van der Waals surface area contributed by atoms with Gasteiger partial charge >= 0.3 is 0 Å². The maximum Gasteiger partial charge on any atom is 0.270 e. The third kappa shape index (κ3) is 2.62. The summed E-state index contributed by atoms with van der Waals surface area (Å²) in [7, 11) is 1.66. The number of rotatable bonds is 3. The lowest BCUT2D eigenvalue weighted by Gasteiger charge is -2.27. The number of hydrogen-bond acceptors (Lipinski definition) is 4. The van der Waals surface area contributed by atoms with E-state index in [9.17, 15) is 4.79 Å². The highest BCUT2D eigenvalue weighted by Crippen LogP contribution is 2.34. The van der Waals surface area contributed by atoms with Crippen LogP contribution >= 0.6 is 11.3 Å². The number of aromatic nitrogens is 3. The molecular weight excluding hydrogens is 360 g/mol. The number of nitrogens with one attached hydrogen (secondary N) is 2. The zero-order chi connectivity index (χ0) is 18.4. The van der Waals surface area contributed by atoms with Gasteiger partial charge in [0.25, 0.3) is 5.91 Å². The van der Waals surface area contributed by atoms with Crippen molar-refractivity contribution in [2.75, 3.05) is 13.7 Å². The molecule has 0 bridgehead atoms. The maximum atomic E-state index is 13.0. The zero-order valence-corrected chi connectivity index (χ0v) is 15.6. The van der Waals surface area contributed by atoms with Gasteiger partial charge in [-0.15, -0.1) is 11.3 Å². The van der Waals surface area contributed by atoms with Gasteiger partial charge in [0.2, 0.25) is 0 Å². The van der Waals surface area contributed by atoms with Crippen molar-refractivity contribution < 1.29 is 9.53 Å². The Kier molecular flexibility index (Phi) is 3.75. The Morgan fingerprint density at radius 2 is 2.19 bits per heavy atom. The second kappa shape index (κ2) is 6.28. The molecule has 0 radical (unpaired) electrons. The van der Waals surface area contributed by atoms with Gasteiger partial charge in [-0.05, 0) is 29.6 Å². The van der Waals surface area contributed by atoms with Crippen LogP contribution in [0, 0.1) is 0 Å². The van der Waals surface area contributed by atoms with Crippen LogP contribution < -0.4 is 4.74 Å². The summed E-state index contributed by atoms with van der Waals surface area (Å²) in [5, 5.41) is 9.68. The van der Waals surface area contributed by atoms with E-state index in [1.807, 2.05) is 46.7 Å². The van der Waals surface area contributed by atoms with E-state index < -0.39 is 0 Å². The molecule has 1 aliphatic rings. The number of benzene rings is 1. The number of para-hydroxylation sites is 1. The molecule has 1 aromatic carbocycles. The number of H-pyrrole nitrogens is 2. The molecule has 0 unspecified atom stereocenters. The first kappa shape index (κ1) is 16.1. The molecule has 1 amide bonds. The molecule has 3 aromatic heterocycles. The van der Waals surface area contributed by atoms with E-state index >= 15 is 0 Å². The number of thiophene rings is 1. The highest BCUT2D eigenvalue weighted by atomic mass is 32.1. The van der Waals surface area contributed by atoms with Gasteiger partial charge in [-0.2, -0.15) is 5.10 Å². The molecule has 6 nitrogen and oxygen atoms in total. The van der Waals surface area contributed by atoms with Crippen molar-refractivity contribution >= 4 is 27.5 Å². The standard InChI is InChI=1S/C20H18N4O2S/c1-26-17-5-3-2-4-12(17)19-13-11-24(8-6-14(13)22-23-19)20(25)16-10-18-15(21-16)7-9-27-18/h2-5,7,9-10,21H,6,8,11H2,1H3,(H,22,23). The SMILES string of the molecule is COc1ccccc1-c1n[nH]c2c1CN(C(=O)c1cc3sccc3[nH]1)CC2. The Bertz CT molecular complexity index is 1110. The normalized spacial score (nSPS) is 13.7. The van der Waals surface area contributed by atoms with Gasteiger partial charge in [-0.1, -0.05) is 12.1 Å². The second-order valence-electron chi connectivity index (χ2n) is 6.59. The van der Waals surface area contributed by atoms with Gasteiger partial charge in [0, 0.05) is 29.8 Å². The summed E-state index contributed by atoms with van der Waals surface area (Å²) in [6, 6.07) is 11.8. The molecule has 0 aliphatic carbocycles. The highest BCUT2D eigenvalue weighted by Gasteiger charge is 2.28. The number of carbonyl (C=O) groups excluding carboxylic acids is 1. The van der Waals surface area contributed by atoms with Crippen molar-refractivity contribution in [1.82, 2.24) is 20.1 Å². The molecule has 0 atom stereocenters. The minimum Gasteiger partial charge on any atom is -0.496 e. The lowest BCUT2D eigenvalue weighted by molar-refractivity contribution is 0.0729. The topological polar surface area (TPSA) is 74.0 Å². The third-order valence-corrected chi connectivity index (χ3v) is 5.92. The lowest BCUT2D eigenvalue weighted by Crippen LogP contribution is -2.36. The molecule has 5 rings (SSSR count). The Labute approximate surface area is 159 Å². The first-order chi connectivity index (χ1) is 13.2. The summed E-state index contributed by atoms with van der Waals surface area (Å²) >= 11 is 1.64. The van der Waals surface area contributed by atoms with E-state index in [0.717, 1.165) is 44.9 Å². The number of aromatic amines is 2. The quantitative estimate of drug-likeness (QED) is 0.569. The van der Waals surface area contributed by atoms with Crippen LogP contribution in [-0.4, -0.2) is 39.6 Å². The van der Waals surface area contributed by atoms with Gasteiger partial charge < -0.3 is 14.6 Å². The first-order valence-corrected chi connectivity index (χ1v) is 9.67. The van der Waals surface area contributed by atoms with E-state index in [4.69, 9.17) is 4.74 Å². The minimum absolute atomic E-state index is 0.0243. The molecule has 4 heterocycles. The molecule has 0 fully saturated rings. The monoisotopic (exact) mass is 378 g/mol. The van der Waals surface area contributed by atoms with E-state index in [1.54, 1.807) is 18.4 Å². The first-order valence-electron chi connectivity index (χ1n) is 8.79. The van der Waals surface area contributed by atoms with Crippen molar-refractivity contribution in [2.24, 2.45) is 0 Å². The summed E-state index contributed by atoms with van der Waals surface area (Å²) in [4.78, 5) is 18.1. The molecular formula is C20H18N4O2S. The van der Waals surface area contributed by atoms with E-state index in [2.05, 4.69) is 15.2 Å². The Balaban J connectivity index is 1.48. The van der Waals surface area contributed by atoms with Crippen molar-refractivity contribution in [3.8, 4) is 17.0 Å². The van der Waals surface area contributed by atoms with Crippen LogP contribution in [0.2, 0.25) is 0 Å². The molecule has 0 spiro atoms. The number of fused-ring (bicyclic) bond motifs is 2. The third-order valence-electron chi connectivity index (χ3n) is 5.05. The van der Waals surface area contributed by atoms with Gasteiger partial charge in [0.05, 0.1) is 23.9 Å². The smallest absolute Gasteiger partial charge is 0.270 e. The number of ether oxygens (including phenoxy) is 1. The number of hydrogen-bond donors (Lipinski definition) is 2. The van der Waals surface area contributed by atoms with Crippen LogP contribution in [0.1, 0.15) is 21.7 Å². The molecule has 2 N–H and O–H groups in total. The van der Waals surface area contributed by atoms with Gasteiger partial charge in [0.1, 0.15) is 17.1 Å². The van der Waals surface area contributed by atoms with Crippen molar-refractivity contribution in [3.05, 3.63) is 58.7 Å². The number of amides is 1. The van der Waals surface area contributed by atoms with Gasteiger partial charge in [-0.25, -0.2) is 0 Å². The van der Waals surface area contributed by atoms with Crippen LogP contribution in [0.15, 0.2) is 41.8 Å². The summed E-state index contributed by atoms with van der Waals surface area (Å²) in [6.07, 6.45) is 0.762. The van der Waals surface area contributed by atoms with E-state index in [-0.39, 0.29) is 5.91 Å². The maximum absolute atomic E-state index is 13.0. The minimum atomic E-state index is 0.0243. The molecule has 0 saturated carbocycles. The molecule has 1 aliphatic heterocycles. The summed E-state index contributed by atoms with van der Waals surface area (Å²) in [6.45, 7) is 1.21. The van der Waals surface area contributed by atoms with Crippen molar-refractivity contribution in [3.63, 3.8) is 0 Å². The second-order valence-corrected chi connectivity index (χ2v) is 7.54. The van der Waals surface area contributed by atoms with Crippen LogP contribution in [0.5, 0.6) is 5.75 Å². The summed E-state index contributed by atoms with van der Waals surface area (Å²) in [5.41, 5.74) is 5.60. The fourth-order valence-corrected chi connectivity index (χ4v) is 4.45. The lowest BCUT2D eigenvalue weighted by atomic mass is 10.00. The number of methoxy groups -OCH3 is 1. The Hall–Kier alpha value is -3.06. The zero-order valence-electron chi connectivity index (χ0n) is 14.8. The van der Waals surface area contributed by atoms with Crippen LogP contribution in [-0.2, 0) is 13.0 Å². The van der Waals surface area contributed by atoms with E-state index in [1.165, 1.54) is 0 Å².